The zero-order chi connectivity index (χ0) is 22.5. The van der Waals surface area contributed by atoms with Crippen molar-refractivity contribution in [1.82, 2.24) is 15.3 Å². The van der Waals surface area contributed by atoms with Gasteiger partial charge in [0, 0.05) is 30.4 Å². The minimum atomic E-state index is -0.968. The maximum absolute atomic E-state index is 12.7. The van der Waals surface area contributed by atoms with Crippen LogP contribution in [0, 0.1) is 11.8 Å². The fraction of sp³-hybridized carbons (Fsp3) is 0.500. The predicted molar refractivity (Wildman–Crippen MR) is 120 cm³/mol. The van der Waals surface area contributed by atoms with Crippen LogP contribution in [0.2, 0.25) is 0 Å². The molecule has 8 nitrogen and oxygen atoms in total. The molecule has 1 aliphatic carbocycles. The fourth-order valence-corrected chi connectivity index (χ4v) is 4.48. The molecule has 1 saturated carbocycles. The Labute approximate surface area is 187 Å². The maximum Gasteiger partial charge on any atom is 0.305 e. The van der Waals surface area contributed by atoms with E-state index in [9.17, 15) is 14.7 Å². The van der Waals surface area contributed by atoms with Gasteiger partial charge in [0.15, 0.2) is 0 Å². The van der Waals surface area contributed by atoms with Crippen LogP contribution in [-0.2, 0) is 22.4 Å². The Morgan fingerprint density at radius 2 is 2.12 bits per heavy atom. The Bertz CT molecular complexity index is 957. The lowest BCUT2D eigenvalue weighted by atomic mass is 9.72. The van der Waals surface area contributed by atoms with E-state index in [-0.39, 0.29) is 18.2 Å². The number of carboxylic acid groups (broad SMARTS) is 1. The van der Waals surface area contributed by atoms with E-state index in [1.807, 2.05) is 0 Å². The van der Waals surface area contributed by atoms with Gasteiger partial charge in [-0.05, 0) is 61.6 Å². The minimum Gasteiger partial charge on any atom is -0.481 e. The van der Waals surface area contributed by atoms with E-state index in [1.165, 1.54) is 12.7 Å². The first-order chi connectivity index (χ1) is 15.5. The highest BCUT2D eigenvalue weighted by Crippen LogP contribution is 2.37. The molecule has 1 unspecified atom stereocenters. The summed E-state index contributed by atoms with van der Waals surface area (Å²) in [5.74, 6) is 0.846. The van der Waals surface area contributed by atoms with Crippen molar-refractivity contribution in [3.05, 3.63) is 47.3 Å². The fourth-order valence-electron chi connectivity index (χ4n) is 4.48. The smallest absolute Gasteiger partial charge is 0.305 e. The standard InChI is InChI=1S/C24H30N4O4/c1-32-21-9-6-17(14-26-21)20(13-22(29)30)28-24(31)18-11-15(12-18)4-7-19-8-5-16-3-2-10-25-23(16)27-19/h5-6,8-9,14-15,18,20H,2-4,7,10-13H2,1H3,(H,25,27)(H,28,31)(H,29,30). The molecule has 1 fully saturated rings. The molecule has 8 heteroatoms. The molecule has 3 N–H and O–H groups in total. The normalized spacial score (nSPS) is 20.3. The van der Waals surface area contributed by atoms with Crippen LogP contribution in [0.3, 0.4) is 0 Å². The number of aromatic nitrogens is 2. The second-order valence-corrected chi connectivity index (χ2v) is 8.71. The Kier molecular flexibility index (Phi) is 6.87. The number of rotatable bonds is 9. The lowest BCUT2D eigenvalue weighted by Gasteiger charge is -2.35. The highest BCUT2D eigenvalue weighted by atomic mass is 16.5. The number of carboxylic acids is 1. The Morgan fingerprint density at radius 3 is 2.84 bits per heavy atom. The molecule has 2 aromatic heterocycles. The molecule has 1 atom stereocenters. The molecular formula is C24H30N4O4. The average Bonchev–Trinajstić information content (AvgIpc) is 2.77. The van der Waals surface area contributed by atoms with Crippen molar-refractivity contribution < 1.29 is 19.4 Å². The van der Waals surface area contributed by atoms with E-state index in [0.717, 1.165) is 56.6 Å². The topological polar surface area (TPSA) is 113 Å². The van der Waals surface area contributed by atoms with Gasteiger partial charge in [-0.1, -0.05) is 12.1 Å². The number of fused-ring (bicyclic) bond motifs is 1. The van der Waals surface area contributed by atoms with Crippen LogP contribution in [0.15, 0.2) is 30.5 Å². The number of ether oxygens (including phenoxy) is 1. The van der Waals surface area contributed by atoms with Gasteiger partial charge >= 0.3 is 5.97 Å². The molecule has 0 aromatic carbocycles. The molecule has 170 valence electrons. The second kappa shape index (κ2) is 9.97. The molecule has 4 rings (SSSR count). The van der Waals surface area contributed by atoms with E-state index in [2.05, 4.69) is 27.8 Å². The SMILES string of the molecule is COc1ccc(C(CC(=O)O)NC(=O)C2CC(CCc3ccc4c(n3)NCCC4)C2)cn1. The van der Waals surface area contributed by atoms with Crippen molar-refractivity contribution in [2.75, 3.05) is 19.0 Å². The van der Waals surface area contributed by atoms with E-state index in [0.29, 0.717) is 17.4 Å². The van der Waals surface area contributed by atoms with Crippen LogP contribution >= 0.6 is 0 Å². The average molecular weight is 439 g/mol. The number of hydrogen-bond donors (Lipinski definition) is 3. The summed E-state index contributed by atoms with van der Waals surface area (Å²) in [6.07, 6.45) is 7.19. The van der Waals surface area contributed by atoms with Crippen molar-refractivity contribution in [2.24, 2.45) is 11.8 Å². The first kappa shape index (κ1) is 22.0. The molecule has 0 spiro atoms. The van der Waals surface area contributed by atoms with Crippen LogP contribution in [0.1, 0.15) is 55.0 Å². The molecule has 0 bridgehead atoms. The summed E-state index contributed by atoms with van der Waals surface area (Å²) >= 11 is 0. The summed E-state index contributed by atoms with van der Waals surface area (Å²) in [5.41, 5.74) is 3.05. The van der Waals surface area contributed by atoms with E-state index >= 15 is 0 Å². The van der Waals surface area contributed by atoms with Crippen LogP contribution < -0.4 is 15.4 Å². The number of methoxy groups -OCH3 is 1. The van der Waals surface area contributed by atoms with E-state index in [4.69, 9.17) is 9.72 Å². The van der Waals surface area contributed by atoms with Gasteiger partial charge < -0.3 is 20.5 Å². The molecule has 32 heavy (non-hydrogen) atoms. The van der Waals surface area contributed by atoms with Gasteiger partial charge in [-0.3, -0.25) is 9.59 Å². The third-order valence-electron chi connectivity index (χ3n) is 6.43. The van der Waals surface area contributed by atoms with Gasteiger partial charge in [-0.25, -0.2) is 9.97 Å². The van der Waals surface area contributed by atoms with Crippen molar-refractivity contribution in [3.8, 4) is 5.88 Å². The van der Waals surface area contributed by atoms with Crippen LogP contribution in [0.25, 0.3) is 0 Å². The quantitative estimate of drug-likeness (QED) is 0.551. The van der Waals surface area contributed by atoms with Crippen molar-refractivity contribution in [3.63, 3.8) is 0 Å². The first-order valence-electron chi connectivity index (χ1n) is 11.3. The van der Waals surface area contributed by atoms with Gasteiger partial charge in [0.1, 0.15) is 5.82 Å². The summed E-state index contributed by atoms with van der Waals surface area (Å²) in [6.45, 7) is 0.984. The zero-order valence-electron chi connectivity index (χ0n) is 18.3. The van der Waals surface area contributed by atoms with Crippen molar-refractivity contribution in [2.45, 2.75) is 51.0 Å². The molecule has 3 heterocycles. The summed E-state index contributed by atoms with van der Waals surface area (Å²) in [5, 5.41) is 15.5. The van der Waals surface area contributed by atoms with Crippen molar-refractivity contribution in [1.29, 1.82) is 0 Å². The van der Waals surface area contributed by atoms with Gasteiger partial charge in [0.2, 0.25) is 11.8 Å². The summed E-state index contributed by atoms with van der Waals surface area (Å²) in [4.78, 5) is 32.9. The molecule has 0 radical (unpaired) electrons. The van der Waals surface area contributed by atoms with Crippen LogP contribution in [0.5, 0.6) is 5.88 Å². The lowest BCUT2D eigenvalue weighted by Crippen LogP contribution is -2.41. The zero-order valence-corrected chi connectivity index (χ0v) is 18.3. The number of aryl methyl sites for hydroxylation is 2. The number of nitrogens with one attached hydrogen (secondary N) is 2. The minimum absolute atomic E-state index is 0.0688. The second-order valence-electron chi connectivity index (χ2n) is 8.71. The number of nitrogens with zero attached hydrogens (tertiary/aromatic N) is 2. The van der Waals surface area contributed by atoms with Gasteiger partial charge in [-0.15, -0.1) is 0 Å². The number of anilines is 1. The van der Waals surface area contributed by atoms with Crippen LogP contribution in [-0.4, -0.2) is 40.6 Å². The summed E-state index contributed by atoms with van der Waals surface area (Å²) in [6, 6.07) is 7.10. The molecular weight excluding hydrogens is 408 g/mol. The van der Waals surface area contributed by atoms with Crippen LogP contribution in [0.4, 0.5) is 5.82 Å². The molecule has 2 aromatic rings. The highest BCUT2D eigenvalue weighted by molar-refractivity contribution is 5.80. The number of amides is 1. The molecule has 1 aliphatic heterocycles. The molecule has 1 amide bonds. The van der Waals surface area contributed by atoms with E-state index < -0.39 is 12.0 Å². The number of hydrogen-bond acceptors (Lipinski definition) is 6. The largest absolute Gasteiger partial charge is 0.481 e. The maximum atomic E-state index is 12.7. The predicted octanol–water partition coefficient (Wildman–Crippen LogP) is 3.13. The van der Waals surface area contributed by atoms with Crippen molar-refractivity contribution >= 4 is 17.7 Å². The summed E-state index contributed by atoms with van der Waals surface area (Å²) in [7, 11) is 1.52. The van der Waals surface area contributed by atoms with Gasteiger partial charge in [0.05, 0.1) is 19.6 Å². The third-order valence-corrected chi connectivity index (χ3v) is 6.43. The Morgan fingerprint density at radius 1 is 1.28 bits per heavy atom. The number of carbonyl (C=O) groups excluding carboxylic acids is 1. The monoisotopic (exact) mass is 438 g/mol. The number of aliphatic carboxylic acids is 1. The first-order valence-corrected chi connectivity index (χ1v) is 11.3. The summed E-state index contributed by atoms with van der Waals surface area (Å²) < 4.78 is 5.05. The van der Waals surface area contributed by atoms with Gasteiger partial charge in [0.25, 0.3) is 0 Å². The number of carbonyl (C=O) groups is 2. The molecule has 0 saturated heterocycles. The highest BCUT2D eigenvalue weighted by Gasteiger charge is 2.35. The van der Waals surface area contributed by atoms with Gasteiger partial charge in [-0.2, -0.15) is 0 Å². The number of pyridine rings is 2. The third kappa shape index (κ3) is 5.36. The lowest BCUT2D eigenvalue weighted by molar-refractivity contribution is -0.138. The molecule has 2 aliphatic rings. The Hall–Kier alpha value is -3.16. The Balaban J connectivity index is 1.26. The van der Waals surface area contributed by atoms with E-state index in [1.54, 1.807) is 18.3 Å².